The van der Waals surface area contributed by atoms with E-state index >= 15 is 0 Å². The molecule has 2 heterocycles. The van der Waals surface area contributed by atoms with Crippen molar-refractivity contribution in [2.24, 2.45) is 5.41 Å². The van der Waals surface area contributed by atoms with Gasteiger partial charge in [0, 0.05) is 24.9 Å². The molecule has 1 aliphatic heterocycles. The van der Waals surface area contributed by atoms with Gasteiger partial charge in [-0.05, 0) is 39.0 Å². The number of likely N-dealkylation sites (tertiary alicyclic amines) is 1. The Bertz CT molecular complexity index is 649. The van der Waals surface area contributed by atoms with Gasteiger partial charge in [0.1, 0.15) is 0 Å². The van der Waals surface area contributed by atoms with E-state index in [0.29, 0.717) is 6.42 Å². The van der Waals surface area contributed by atoms with Crippen LogP contribution in [0.4, 0.5) is 0 Å². The van der Waals surface area contributed by atoms with Gasteiger partial charge in [0.25, 0.3) is 0 Å². The third-order valence-corrected chi connectivity index (χ3v) is 6.61. The Morgan fingerprint density at radius 2 is 2.04 bits per heavy atom. The molecule has 132 valence electrons. The molecule has 2 aliphatic rings. The molecule has 3 rings (SSSR count). The summed E-state index contributed by atoms with van der Waals surface area (Å²) in [7, 11) is 1.81. The van der Waals surface area contributed by atoms with Crippen LogP contribution in [-0.2, 0) is 9.59 Å². The summed E-state index contributed by atoms with van der Waals surface area (Å²) in [4.78, 5) is 34.2. The molecule has 2 fully saturated rings. The highest BCUT2D eigenvalue weighted by Gasteiger charge is 2.45. The number of likely N-dealkylation sites (N-methyl/N-ethyl adjacent to an activating group) is 1. The first-order valence-electron chi connectivity index (χ1n) is 8.79. The van der Waals surface area contributed by atoms with E-state index in [4.69, 9.17) is 0 Å². The molecule has 1 aromatic heterocycles. The van der Waals surface area contributed by atoms with Crippen molar-refractivity contribution in [3.63, 3.8) is 0 Å². The number of hydrogen-bond acceptors (Lipinski definition) is 4. The minimum atomic E-state index is -0.0689. The quantitative estimate of drug-likeness (QED) is 0.839. The van der Waals surface area contributed by atoms with Crippen LogP contribution in [0.25, 0.3) is 0 Å². The van der Waals surface area contributed by atoms with Crippen LogP contribution in [0.2, 0.25) is 0 Å². The van der Waals surface area contributed by atoms with Crippen molar-refractivity contribution >= 4 is 23.2 Å². The molecule has 1 saturated heterocycles. The van der Waals surface area contributed by atoms with Crippen LogP contribution >= 0.6 is 11.3 Å². The van der Waals surface area contributed by atoms with E-state index in [9.17, 15) is 9.59 Å². The Kier molecular flexibility index (Phi) is 4.69. The van der Waals surface area contributed by atoms with Gasteiger partial charge in [-0.1, -0.05) is 12.8 Å². The number of amides is 2. The third-order valence-electron chi connectivity index (χ3n) is 5.71. The van der Waals surface area contributed by atoms with Gasteiger partial charge in [-0.25, -0.2) is 4.98 Å². The number of carbonyl (C=O) groups is 2. The molecule has 5 nitrogen and oxygen atoms in total. The van der Waals surface area contributed by atoms with Gasteiger partial charge in [0.05, 0.1) is 23.3 Å². The molecule has 0 N–H and O–H groups in total. The molecule has 0 radical (unpaired) electrons. The van der Waals surface area contributed by atoms with Crippen LogP contribution < -0.4 is 0 Å². The summed E-state index contributed by atoms with van der Waals surface area (Å²) in [6.45, 7) is 6.99. The van der Waals surface area contributed by atoms with Crippen LogP contribution in [0.3, 0.4) is 0 Å². The average molecular weight is 350 g/mol. The zero-order chi connectivity index (χ0) is 17.5. The lowest BCUT2D eigenvalue weighted by atomic mass is 9.85. The predicted molar refractivity (Wildman–Crippen MR) is 94.9 cm³/mol. The second kappa shape index (κ2) is 6.47. The molecule has 0 unspecified atom stereocenters. The van der Waals surface area contributed by atoms with E-state index in [1.807, 2.05) is 27.8 Å². The number of rotatable bonds is 4. The maximum atomic E-state index is 12.7. The van der Waals surface area contributed by atoms with Gasteiger partial charge in [0.15, 0.2) is 0 Å². The molecule has 6 heteroatoms. The van der Waals surface area contributed by atoms with Gasteiger partial charge in [0.2, 0.25) is 11.8 Å². The molecule has 1 saturated carbocycles. The fraction of sp³-hybridized carbons (Fsp3) is 0.722. The van der Waals surface area contributed by atoms with Crippen LogP contribution in [0, 0.1) is 19.3 Å². The predicted octanol–water partition coefficient (Wildman–Crippen LogP) is 3.07. The molecular weight excluding hydrogens is 322 g/mol. The van der Waals surface area contributed by atoms with Crippen LogP contribution in [0.5, 0.6) is 0 Å². The number of hydrogen-bond donors (Lipinski definition) is 0. The molecule has 1 aliphatic carbocycles. The summed E-state index contributed by atoms with van der Waals surface area (Å²) in [5, 5.41) is 1.02. The fourth-order valence-electron chi connectivity index (χ4n) is 4.19. The van der Waals surface area contributed by atoms with Crippen LogP contribution in [0.1, 0.15) is 60.6 Å². The Morgan fingerprint density at radius 3 is 2.62 bits per heavy atom. The number of aromatic nitrogens is 1. The maximum absolute atomic E-state index is 12.7. The van der Waals surface area contributed by atoms with Crippen molar-refractivity contribution in [2.45, 2.75) is 58.9 Å². The van der Waals surface area contributed by atoms with Crippen molar-refractivity contribution in [2.75, 3.05) is 20.1 Å². The molecule has 24 heavy (non-hydrogen) atoms. The van der Waals surface area contributed by atoms with Crippen molar-refractivity contribution < 1.29 is 9.59 Å². The van der Waals surface area contributed by atoms with Crippen molar-refractivity contribution in [1.82, 2.24) is 14.8 Å². The van der Waals surface area contributed by atoms with E-state index in [2.05, 4.69) is 4.98 Å². The monoisotopic (exact) mass is 349 g/mol. The second-order valence-corrected chi connectivity index (χ2v) is 8.90. The van der Waals surface area contributed by atoms with Gasteiger partial charge < -0.3 is 9.80 Å². The summed E-state index contributed by atoms with van der Waals surface area (Å²) in [5.41, 5.74) is 1.12. The minimum Gasteiger partial charge on any atom is -0.336 e. The highest BCUT2D eigenvalue weighted by Crippen LogP contribution is 2.45. The number of nitrogens with zero attached hydrogens (tertiary/aromatic N) is 3. The first-order chi connectivity index (χ1) is 11.3. The normalized spacial score (nSPS) is 20.8. The number of carbonyl (C=O) groups excluding carboxylic acids is 2. The van der Waals surface area contributed by atoms with Gasteiger partial charge in [-0.15, -0.1) is 11.3 Å². The number of aryl methyl sites for hydroxylation is 2. The number of thiazole rings is 1. The van der Waals surface area contributed by atoms with E-state index in [1.54, 1.807) is 21.1 Å². The van der Waals surface area contributed by atoms with E-state index in [0.717, 1.165) is 35.0 Å². The summed E-state index contributed by atoms with van der Waals surface area (Å²) >= 11 is 1.66. The topological polar surface area (TPSA) is 53.5 Å². The molecule has 0 aromatic carbocycles. The smallest absolute Gasteiger partial charge is 0.242 e. The summed E-state index contributed by atoms with van der Waals surface area (Å²) in [5.74, 6) is 0.142. The lowest BCUT2D eigenvalue weighted by Gasteiger charge is -2.28. The lowest BCUT2D eigenvalue weighted by molar-refractivity contribution is -0.138. The first-order valence-corrected chi connectivity index (χ1v) is 9.60. The van der Waals surface area contributed by atoms with Crippen molar-refractivity contribution in [3.8, 4) is 0 Å². The van der Waals surface area contributed by atoms with Crippen LogP contribution in [0.15, 0.2) is 0 Å². The molecule has 1 spiro atoms. The average Bonchev–Trinajstić information content (AvgIpc) is 3.19. The molecule has 1 aromatic rings. The largest absolute Gasteiger partial charge is 0.336 e. The Balaban J connectivity index is 1.64. The van der Waals surface area contributed by atoms with Gasteiger partial charge >= 0.3 is 0 Å². The first kappa shape index (κ1) is 17.4. The summed E-state index contributed by atoms with van der Waals surface area (Å²) in [6, 6.07) is -0.0689. The van der Waals surface area contributed by atoms with Crippen LogP contribution in [-0.4, -0.2) is 46.7 Å². The molecular formula is C18H27N3O2S. The zero-order valence-corrected chi connectivity index (χ0v) is 15.9. The zero-order valence-electron chi connectivity index (χ0n) is 15.1. The summed E-state index contributed by atoms with van der Waals surface area (Å²) < 4.78 is 0. The Hall–Kier alpha value is -1.43. The minimum absolute atomic E-state index is 0.00375. The SMILES string of the molecule is Cc1nc([C@@H](C)N(C)C(=O)CN2CC3(CCCC3)CC2=O)c(C)s1. The third kappa shape index (κ3) is 3.21. The molecule has 0 bridgehead atoms. The highest BCUT2D eigenvalue weighted by molar-refractivity contribution is 7.11. The molecule has 2 amide bonds. The van der Waals surface area contributed by atoms with Crippen molar-refractivity contribution in [1.29, 1.82) is 0 Å². The Morgan fingerprint density at radius 1 is 1.38 bits per heavy atom. The lowest BCUT2D eigenvalue weighted by Crippen LogP contribution is -2.40. The van der Waals surface area contributed by atoms with E-state index in [-0.39, 0.29) is 29.8 Å². The maximum Gasteiger partial charge on any atom is 0.242 e. The van der Waals surface area contributed by atoms with E-state index in [1.165, 1.54) is 12.8 Å². The van der Waals surface area contributed by atoms with Gasteiger partial charge in [-0.2, -0.15) is 0 Å². The van der Waals surface area contributed by atoms with E-state index < -0.39 is 0 Å². The van der Waals surface area contributed by atoms with Crippen molar-refractivity contribution in [3.05, 3.63) is 15.6 Å². The fourth-order valence-corrected chi connectivity index (χ4v) is 5.10. The highest BCUT2D eigenvalue weighted by atomic mass is 32.1. The summed E-state index contributed by atoms with van der Waals surface area (Å²) in [6.07, 6.45) is 5.33. The Labute approximate surface area is 148 Å². The standard InChI is InChI=1S/C18H27N3O2S/c1-12(17-13(2)24-14(3)19-17)20(4)16(23)10-21-11-18(9-15(21)22)7-5-6-8-18/h12H,5-11H2,1-4H3/t12-/m1/s1. The van der Waals surface area contributed by atoms with Gasteiger partial charge in [-0.3, -0.25) is 9.59 Å². The second-order valence-electron chi connectivity index (χ2n) is 7.49. The molecule has 1 atom stereocenters.